The summed E-state index contributed by atoms with van der Waals surface area (Å²) in [4.78, 5) is 39.4. The largest absolute Gasteiger partial charge is 0.366 e. The van der Waals surface area contributed by atoms with Crippen molar-refractivity contribution in [1.29, 1.82) is 0 Å². The van der Waals surface area contributed by atoms with Gasteiger partial charge in [-0.25, -0.2) is 9.97 Å². The predicted molar refractivity (Wildman–Crippen MR) is 150 cm³/mol. The number of aromatic amines is 2. The van der Waals surface area contributed by atoms with Gasteiger partial charge in [-0.1, -0.05) is 12.8 Å². The second-order valence-corrected chi connectivity index (χ2v) is 10.5. The van der Waals surface area contributed by atoms with Gasteiger partial charge in [0.15, 0.2) is 11.5 Å². The maximum atomic E-state index is 12.6. The van der Waals surface area contributed by atoms with Crippen LogP contribution in [-0.2, 0) is 4.79 Å². The van der Waals surface area contributed by atoms with Crippen LogP contribution in [0.5, 0.6) is 0 Å². The molecule has 11 nitrogen and oxygen atoms in total. The number of imidazole rings is 1. The monoisotopic (exact) mass is 522 g/mol. The number of carbonyl (C=O) groups excluding carboxylic acids is 1. The number of pyridine rings is 3. The smallest absolute Gasteiger partial charge is 0.227 e. The number of anilines is 2. The van der Waals surface area contributed by atoms with Crippen LogP contribution in [-0.4, -0.2) is 79.2 Å². The summed E-state index contributed by atoms with van der Waals surface area (Å²) in [5.41, 5.74) is 7.18. The van der Waals surface area contributed by atoms with Crippen LogP contribution in [0.15, 0.2) is 43.0 Å². The summed E-state index contributed by atoms with van der Waals surface area (Å²) in [6.07, 6.45) is 11.3. The molecule has 6 heterocycles. The Balaban J connectivity index is 1.21. The van der Waals surface area contributed by atoms with Gasteiger partial charge in [0.2, 0.25) is 5.91 Å². The molecule has 7 rings (SSSR count). The number of rotatable bonds is 5. The van der Waals surface area contributed by atoms with E-state index in [9.17, 15) is 4.79 Å². The Hall–Kier alpha value is -4.38. The Kier molecular flexibility index (Phi) is 5.92. The number of hydrogen-bond acceptors (Lipinski definition) is 8. The number of nitrogens with zero attached hydrogens (tertiary/aromatic N) is 7. The van der Waals surface area contributed by atoms with Crippen molar-refractivity contribution in [2.24, 2.45) is 5.92 Å². The first-order valence-electron chi connectivity index (χ1n) is 13.5. The first-order chi connectivity index (χ1) is 19.1. The van der Waals surface area contributed by atoms with Crippen LogP contribution < -0.4 is 10.2 Å². The second-order valence-electron chi connectivity index (χ2n) is 10.5. The minimum Gasteiger partial charge on any atom is -0.366 e. The Morgan fingerprint density at radius 3 is 2.62 bits per heavy atom. The summed E-state index contributed by atoms with van der Waals surface area (Å²) in [5, 5.41) is 10.7. The number of fused-ring (bicyclic) bond motifs is 2. The highest BCUT2D eigenvalue weighted by Gasteiger charge is 2.23. The van der Waals surface area contributed by atoms with Crippen LogP contribution in [0.4, 0.5) is 11.4 Å². The lowest BCUT2D eigenvalue weighted by molar-refractivity contribution is -0.119. The van der Waals surface area contributed by atoms with Crippen molar-refractivity contribution in [2.45, 2.75) is 25.7 Å². The third-order valence-electron chi connectivity index (χ3n) is 7.88. The predicted octanol–water partition coefficient (Wildman–Crippen LogP) is 3.84. The summed E-state index contributed by atoms with van der Waals surface area (Å²) in [5.74, 6) is 0.801. The molecule has 1 amide bonds. The van der Waals surface area contributed by atoms with Gasteiger partial charge in [-0.3, -0.25) is 19.9 Å². The average Bonchev–Trinajstić information content (AvgIpc) is 3.73. The molecule has 39 heavy (non-hydrogen) atoms. The van der Waals surface area contributed by atoms with Crippen LogP contribution in [0.2, 0.25) is 0 Å². The topological polar surface area (TPSA) is 132 Å². The molecule has 2 aliphatic rings. The maximum Gasteiger partial charge on any atom is 0.227 e. The normalized spacial score (nSPS) is 16.9. The number of nitrogens with one attached hydrogen (secondary N) is 3. The van der Waals surface area contributed by atoms with Gasteiger partial charge in [0.05, 0.1) is 46.7 Å². The molecule has 5 aromatic heterocycles. The van der Waals surface area contributed by atoms with E-state index in [1.54, 1.807) is 18.6 Å². The first-order valence-corrected chi connectivity index (χ1v) is 13.5. The lowest BCUT2D eigenvalue weighted by Crippen LogP contribution is -2.44. The molecule has 1 saturated heterocycles. The molecule has 0 atom stereocenters. The number of piperazine rings is 1. The van der Waals surface area contributed by atoms with E-state index in [0.717, 1.165) is 85.4 Å². The summed E-state index contributed by atoms with van der Waals surface area (Å²) in [6, 6.07) is 5.80. The van der Waals surface area contributed by atoms with E-state index in [1.807, 2.05) is 24.4 Å². The van der Waals surface area contributed by atoms with Crippen molar-refractivity contribution in [2.75, 3.05) is 43.4 Å². The van der Waals surface area contributed by atoms with E-state index < -0.39 is 0 Å². The first kappa shape index (κ1) is 23.7. The molecule has 0 aromatic carbocycles. The van der Waals surface area contributed by atoms with Gasteiger partial charge in [-0.15, -0.1) is 0 Å². The van der Waals surface area contributed by atoms with Gasteiger partial charge in [-0.05, 0) is 38.1 Å². The molecule has 0 spiro atoms. The van der Waals surface area contributed by atoms with Gasteiger partial charge in [0.1, 0.15) is 11.0 Å². The number of H-pyrrole nitrogens is 2. The molecule has 0 radical (unpaired) electrons. The highest BCUT2D eigenvalue weighted by molar-refractivity contribution is 5.95. The molecule has 5 aromatic rings. The zero-order chi connectivity index (χ0) is 26.3. The van der Waals surface area contributed by atoms with E-state index in [-0.39, 0.29) is 11.8 Å². The van der Waals surface area contributed by atoms with Crippen molar-refractivity contribution in [1.82, 2.24) is 40.0 Å². The SMILES string of the molecule is CN1CCN(c2cncc3[nH]c(-c4n[nH]c5ccc(-c6cncc(NC(=O)C7CCCC7)c6)nc45)nc23)CC1. The molecule has 1 aliphatic heterocycles. The van der Waals surface area contributed by atoms with E-state index in [0.29, 0.717) is 22.7 Å². The summed E-state index contributed by atoms with van der Waals surface area (Å²) in [6.45, 7) is 3.88. The van der Waals surface area contributed by atoms with E-state index in [2.05, 4.69) is 47.3 Å². The molecule has 1 saturated carbocycles. The van der Waals surface area contributed by atoms with Crippen molar-refractivity contribution in [3.05, 3.63) is 43.0 Å². The van der Waals surface area contributed by atoms with Gasteiger partial charge < -0.3 is 20.1 Å². The fraction of sp³-hybridized carbons (Fsp3) is 0.357. The molecule has 3 N–H and O–H groups in total. The number of hydrogen-bond donors (Lipinski definition) is 3. The molecule has 0 unspecified atom stereocenters. The molecular weight excluding hydrogens is 492 g/mol. The number of amides is 1. The van der Waals surface area contributed by atoms with Gasteiger partial charge in [-0.2, -0.15) is 5.10 Å². The Labute approximate surface area is 225 Å². The van der Waals surface area contributed by atoms with Gasteiger partial charge >= 0.3 is 0 Å². The van der Waals surface area contributed by atoms with Crippen LogP contribution >= 0.6 is 0 Å². The zero-order valence-corrected chi connectivity index (χ0v) is 21.8. The van der Waals surface area contributed by atoms with Crippen molar-refractivity contribution >= 4 is 39.3 Å². The fourth-order valence-corrected chi connectivity index (χ4v) is 5.62. The van der Waals surface area contributed by atoms with E-state index in [4.69, 9.17) is 9.97 Å². The lowest BCUT2D eigenvalue weighted by atomic mass is 10.1. The highest BCUT2D eigenvalue weighted by Crippen LogP contribution is 2.31. The third kappa shape index (κ3) is 4.48. The molecule has 198 valence electrons. The van der Waals surface area contributed by atoms with Crippen LogP contribution in [0.1, 0.15) is 25.7 Å². The molecule has 1 aliphatic carbocycles. The Morgan fingerprint density at radius 1 is 0.949 bits per heavy atom. The van der Waals surface area contributed by atoms with Crippen LogP contribution in [0.3, 0.4) is 0 Å². The van der Waals surface area contributed by atoms with Gasteiger partial charge in [0, 0.05) is 43.9 Å². The van der Waals surface area contributed by atoms with Gasteiger partial charge in [0.25, 0.3) is 0 Å². The molecular formula is C28H30N10O. The van der Waals surface area contributed by atoms with Crippen LogP contribution in [0.25, 0.3) is 44.8 Å². The van der Waals surface area contributed by atoms with E-state index >= 15 is 0 Å². The second kappa shape index (κ2) is 9.73. The third-order valence-corrected chi connectivity index (χ3v) is 7.88. The molecule has 2 fully saturated rings. The van der Waals surface area contributed by atoms with Crippen molar-refractivity contribution < 1.29 is 4.79 Å². The fourth-order valence-electron chi connectivity index (χ4n) is 5.62. The summed E-state index contributed by atoms with van der Waals surface area (Å²) in [7, 11) is 2.14. The number of likely N-dealkylation sites (N-methyl/N-ethyl adjacent to an activating group) is 1. The summed E-state index contributed by atoms with van der Waals surface area (Å²) < 4.78 is 0. The summed E-state index contributed by atoms with van der Waals surface area (Å²) >= 11 is 0. The van der Waals surface area contributed by atoms with Crippen LogP contribution in [0, 0.1) is 5.92 Å². The minimum absolute atomic E-state index is 0.0716. The van der Waals surface area contributed by atoms with Crippen molar-refractivity contribution in [3.8, 4) is 22.8 Å². The lowest BCUT2D eigenvalue weighted by Gasteiger charge is -2.33. The molecule has 11 heteroatoms. The Morgan fingerprint density at radius 2 is 1.77 bits per heavy atom. The Bertz CT molecular complexity index is 1660. The number of aromatic nitrogens is 7. The standard InChI is InChI=1S/C28H30N10O/c1-37-8-10-38(11-9-37)23-16-30-15-22-24(23)34-27(33-22)26-25-21(35-36-26)7-6-20(32-25)18-12-19(14-29-13-18)31-28(39)17-4-2-3-5-17/h6-7,12-17H,2-5,8-11H2,1H3,(H,31,39)(H,33,34)(H,35,36). The number of carbonyl (C=O) groups is 1. The molecule has 0 bridgehead atoms. The zero-order valence-electron chi connectivity index (χ0n) is 21.8. The average molecular weight is 523 g/mol. The quantitative estimate of drug-likeness (QED) is 0.317. The maximum absolute atomic E-state index is 12.6. The van der Waals surface area contributed by atoms with E-state index in [1.165, 1.54) is 0 Å². The minimum atomic E-state index is 0.0716. The van der Waals surface area contributed by atoms with Crippen molar-refractivity contribution in [3.63, 3.8) is 0 Å². The highest BCUT2D eigenvalue weighted by atomic mass is 16.1.